The number of nitrogens with two attached hydrogens (primary N) is 1. The Morgan fingerprint density at radius 3 is 2.53 bits per heavy atom. The molecule has 0 atom stereocenters. The Balaban J connectivity index is 1.99. The van der Waals surface area contributed by atoms with Crippen molar-refractivity contribution < 1.29 is 4.42 Å². The van der Waals surface area contributed by atoms with Gasteiger partial charge in [0.2, 0.25) is 5.89 Å². The average Bonchev–Trinajstić information content (AvgIpc) is 2.93. The van der Waals surface area contributed by atoms with Crippen molar-refractivity contribution in [3.8, 4) is 22.8 Å². The lowest BCUT2D eigenvalue weighted by Crippen LogP contribution is -1.89. The van der Waals surface area contributed by atoms with E-state index in [-0.39, 0.29) is 0 Å². The zero-order chi connectivity index (χ0) is 13.2. The van der Waals surface area contributed by atoms with E-state index in [1.807, 2.05) is 55.5 Å². The van der Waals surface area contributed by atoms with Gasteiger partial charge < -0.3 is 10.2 Å². The predicted molar refractivity (Wildman–Crippen MR) is 76.5 cm³/mol. The molecule has 0 bridgehead atoms. The second-order valence-corrected chi connectivity index (χ2v) is 4.47. The molecule has 0 amide bonds. The summed E-state index contributed by atoms with van der Waals surface area (Å²) in [6.45, 7) is 1.97. The summed E-state index contributed by atoms with van der Waals surface area (Å²) >= 11 is 0. The number of hydrogen-bond acceptors (Lipinski definition) is 3. The minimum absolute atomic E-state index is 0.613. The number of rotatable bonds is 2. The summed E-state index contributed by atoms with van der Waals surface area (Å²) in [5.74, 6) is 1.38. The fourth-order valence-corrected chi connectivity index (χ4v) is 1.95. The zero-order valence-corrected chi connectivity index (χ0v) is 10.6. The fraction of sp³-hybridized carbons (Fsp3) is 0.0625. The molecule has 0 saturated heterocycles. The Morgan fingerprint density at radius 1 is 1.00 bits per heavy atom. The van der Waals surface area contributed by atoms with Crippen molar-refractivity contribution in [2.24, 2.45) is 0 Å². The molecule has 0 spiro atoms. The normalized spacial score (nSPS) is 10.6. The van der Waals surface area contributed by atoms with E-state index in [1.165, 1.54) is 0 Å². The monoisotopic (exact) mass is 250 g/mol. The van der Waals surface area contributed by atoms with Crippen LogP contribution in [0.4, 0.5) is 5.69 Å². The quantitative estimate of drug-likeness (QED) is 0.702. The molecule has 0 saturated carbocycles. The summed E-state index contributed by atoms with van der Waals surface area (Å²) in [4.78, 5) is 4.33. The SMILES string of the molecule is Cc1cc(-c2ncc(-c3ccccc3)o2)ccc1N. The molecular formula is C16H14N2O. The van der Waals surface area contributed by atoms with Crippen LogP contribution in [0.5, 0.6) is 0 Å². The molecule has 0 fully saturated rings. The number of aryl methyl sites for hydroxylation is 1. The van der Waals surface area contributed by atoms with Crippen LogP contribution in [0.25, 0.3) is 22.8 Å². The fourth-order valence-electron chi connectivity index (χ4n) is 1.95. The van der Waals surface area contributed by atoms with Gasteiger partial charge in [-0.2, -0.15) is 0 Å². The first-order chi connectivity index (χ1) is 9.24. The van der Waals surface area contributed by atoms with Gasteiger partial charge >= 0.3 is 0 Å². The number of oxazole rings is 1. The van der Waals surface area contributed by atoms with Crippen LogP contribution in [0.3, 0.4) is 0 Å². The van der Waals surface area contributed by atoms with Crippen LogP contribution in [-0.4, -0.2) is 4.98 Å². The highest BCUT2D eigenvalue weighted by molar-refractivity contribution is 5.64. The first kappa shape index (κ1) is 11.5. The Hall–Kier alpha value is -2.55. The minimum atomic E-state index is 0.613. The maximum absolute atomic E-state index is 5.81. The Morgan fingerprint density at radius 2 is 1.79 bits per heavy atom. The van der Waals surface area contributed by atoms with Crippen molar-refractivity contribution in [1.29, 1.82) is 0 Å². The van der Waals surface area contributed by atoms with Crippen molar-refractivity contribution in [2.45, 2.75) is 6.92 Å². The molecule has 19 heavy (non-hydrogen) atoms. The second kappa shape index (κ2) is 4.61. The summed E-state index contributed by atoms with van der Waals surface area (Å²) in [6.07, 6.45) is 1.75. The molecule has 0 aliphatic carbocycles. The van der Waals surface area contributed by atoms with E-state index in [2.05, 4.69) is 4.98 Å². The molecule has 0 aliphatic heterocycles. The topological polar surface area (TPSA) is 52.0 Å². The standard InChI is InChI=1S/C16H14N2O/c1-11-9-13(7-8-14(11)17)16-18-10-15(19-16)12-5-3-2-4-6-12/h2-10H,17H2,1H3. The smallest absolute Gasteiger partial charge is 0.226 e. The van der Waals surface area contributed by atoms with Gasteiger partial charge in [0.1, 0.15) is 0 Å². The molecule has 0 unspecified atom stereocenters. The van der Waals surface area contributed by atoms with Gasteiger partial charge in [0.15, 0.2) is 5.76 Å². The molecule has 94 valence electrons. The average molecular weight is 250 g/mol. The van der Waals surface area contributed by atoms with Gasteiger partial charge in [-0.05, 0) is 30.7 Å². The van der Waals surface area contributed by atoms with E-state index in [9.17, 15) is 0 Å². The van der Waals surface area contributed by atoms with Gasteiger partial charge in [0, 0.05) is 16.8 Å². The third-order valence-electron chi connectivity index (χ3n) is 3.08. The lowest BCUT2D eigenvalue weighted by atomic mass is 10.1. The van der Waals surface area contributed by atoms with E-state index in [4.69, 9.17) is 10.2 Å². The molecule has 2 N–H and O–H groups in total. The van der Waals surface area contributed by atoms with Crippen LogP contribution < -0.4 is 5.73 Å². The molecule has 3 heteroatoms. The lowest BCUT2D eigenvalue weighted by Gasteiger charge is -2.01. The van der Waals surface area contributed by atoms with E-state index >= 15 is 0 Å². The van der Waals surface area contributed by atoms with Crippen LogP contribution in [-0.2, 0) is 0 Å². The number of anilines is 1. The first-order valence-electron chi connectivity index (χ1n) is 6.12. The summed E-state index contributed by atoms with van der Waals surface area (Å²) in [5.41, 5.74) is 9.57. The number of nitrogen functional groups attached to an aromatic ring is 1. The van der Waals surface area contributed by atoms with Gasteiger partial charge in [-0.1, -0.05) is 30.3 Å². The molecule has 3 aromatic rings. The Kier molecular flexibility index (Phi) is 2.80. The highest BCUT2D eigenvalue weighted by atomic mass is 16.4. The van der Waals surface area contributed by atoms with E-state index < -0.39 is 0 Å². The van der Waals surface area contributed by atoms with Crippen molar-refractivity contribution in [2.75, 3.05) is 5.73 Å². The highest BCUT2D eigenvalue weighted by Crippen LogP contribution is 2.27. The molecule has 1 aromatic heterocycles. The molecule has 3 nitrogen and oxygen atoms in total. The minimum Gasteiger partial charge on any atom is -0.436 e. The van der Waals surface area contributed by atoms with Gasteiger partial charge in [0.05, 0.1) is 6.20 Å². The van der Waals surface area contributed by atoms with Gasteiger partial charge in [0.25, 0.3) is 0 Å². The van der Waals surface area contributed by atoms with Gasteiger partial charge in [-0.15, -0.1) is 0 Å². The number of nitrogens with zero attached hydrogens (tertiary/aromatic N) is 1. The molecule has 0 aliphatic rings. The summed E-state index contributed by atoms with van der Waals surface area (Å²) < 4.78 is 5.80. The van der Waals surface area contributed by atoms with Crippen LogP contribution >= 0.6 is 0 Å². The zero-order valence-electron chi connectivity index (χ0n) is 10.6. The summed E-state index contributed by atoms with van der Waals surface area (Å²) in [5, 5.41) is 0. The largest absolute Gasteiger partial charge is 0.436 e. The number of benzene rings is 2. The third-order valence-corrected chi connectivity index (χ3v) is 3.08. The van der Waals surface area contributed by atoms with Gasteiger partial charge in [-0.25, -0.2) is 4.98 Å². The summed E-state index contributed by atoms with van der Waals surface area (Å²) in [7, 11) is 0. The van der Waals surface area contributed by atoms with Crippen molar-refractivity contribution >= 4 is 5.69 Å². The van der Waals surface area contributed by atoms with Crippen molar-refractivity contribution in [3.05, 3.63) is 60.3 Å². The lowest BCUT2D eigenvalue weighted by molar-refractivity contribution is 0.589. The summed E-state index contributed by atoms with van der Waals surface area (Å²) in [6, 6.07) is 15.7. The van der Waals surface area contributed by atoms with Crippen LogP contribution in [0.15, 0.2) is 59.1 Å². The molecule has 1 heterocycles. The van der Waals surface area contributed by atoms with Crippen LogP contribution in [0.1, 0.15) is 5.56 Å². The van der Waals surface area contributed by atoms with E-state index in [0.717, 1.165) is 28.1 Å². The Labute approximate surface area is 111 Å². The van der Waals surface area contributed by atoms with Crippen LogP contribution in [0, 0.1) is 6.92 Å². The van der Waals surface area contributed by atoms with Crippen molar-refractivity contribution in [3.63, 3.8) is 0 Å². The molecular weight excluding hydrogens is 236 g/mol. The predicted octanol–water partition coefficient (Wildman–Crippen LogP) is 3.90. The number of hydrogen-bond donors (Lipinski definition) is 1. The molecule has 0 radical (unpaired) electrons. The van der Waals surface area contributed by atoms with E-state index in [0.29, 0.717) is 5.89 Å². The maximum atomic E-state index is 5.81. The van der Waals surface area contributed by atoms with E-state index in [1.54, 1.807) is 6.20 Å². The first-order valence-corrected chi connectivity index (χ1v) is 6.12. The van der Waals surface area contributed by atoms with Crippen molar-refractivity contribution in [1.82, 2.24) is 4.98 Å². The highest BCUT2D eigenvalue weighted by Gasteiger charge is 2.08. The third kappa shape index (κ3) is 2.22. The van der Waals surface area contributed by atoms with Gasteiger partial charge in [-0.3, -0.25) is 0 Å². The molecule has 3 rings (SSSR count). The maximum Gasteiger partial charge on any atom is 0.226 e. The van der Waals surface area contributed by atoms with Crippen LogP contribution in [0.2, 0.25) is 0 Å². The number of aromatic nitrogens is 1. The Bertz CT molecular complexity index is 702. The molecule has 2 aromatic carbocycles. The second-order valence-electron chi connectivity index (χ2n) is 4.47.